The fraction of sp³-hybridized carbons (Fsp3) is 0.375. The minimum atomic E-state index is -1.10. The summed E-state index contributed by atoms with van der Waals surface area (Å²) in [6, 6.07) is -0.952. The lowest BCUT2D eigenvalue weighted by Crippen LogP contribution is -2.38. The van der Waals surface area contributed by atoms with E-state index in [9.17, 15) is 9.59 Å². The number of carbonyl (C=O) groups excluding carboxylic acids is 1. The van der Waals surface area contributed by atoms with Crippen molar-refractivity contribution in [3.63, 3.8) is 0 Å². The molecule has 0 radical (unpaired) electrons. The van der Waals surface area contributed by atoms with E-state index in [4.69, 9.17) is 5.11 Å². The summed E-state index contributed by atoms with van der Waals surface area (Å²) in [5.74, 6) is -1.64. The number of amides is 1. The number of nitrogens with zero attached hydrogens (tertiary/aromatic N) is 1. The van der Waals surface area contributed by atoms with Gasteiger partial charge in [-0.3, -0.25) is 9.59 Å². The van der Waals surface area contributed by atoms with Gasteiger partial charge in [0.2, 0.25) is 5.76 Å². The second kappa shape index (κ2) is 3.91. The maximum absolute atomic E-state index is 11.3. The monoisotopic (exact) mass is 198 g/mol. The smallest absolute Gasteiger partial charge is 0.325 e. The van der Waals surface area contributed by atoms with Crippen molar-refractivity contribution in [2.45, 2.75) is 19.9 Å². The molecule has 0 aliphatic rings. The van der Waals surface area contributed by atoms with E-state index in [-0.39, 0.29) is 5.76 Å². The van der Waals surface area contributed by atoms with Crippen LogP contribution in [0.5, 0.6) is 0 Å². The molecule has 6 heteroatoms. The Labute approximate surface area is 79.9 Å². The van der Waals surface area contributed by atoms with Gasteiger partial charge in [0.05, 0.1) is 6.20 Å². The Kier molecular flexibility index (Phi) is 2.85. The fourth-order valence-electron chi connectivity index (χ4n) is 0.833. The lowest BCUT2D eigenvalue weighted by atomic mass is 10.2. The van der Waals surface area contributed by atoms with Crippen molar-refractivity contribution in [3.8, 4) is 0 Å². The van der Waals surface area contributed by atoms with E-state index in [1.165, 1.54) is 13.1 Å². The molecule has 0 unspecified atom stereocenters. The molecule has 6 nitrogen and oxygen atoms in total. The normalized spacial score (nSPS) is 12.1. The van der Waals surface area contributed by atoms with Crippen molar-refractivity contribution in [3.05, 3.63) is 17.5 Å². The van der Waals surface area contributed by atoms with Crippen LogP contribution in [0.2, 0.25) is 0 Å². The quantitative estimate of drug-likeness (QED) is 0.723. The highest BCUT2D eigenvalue weighted by Crippen LogP contribution is 2.05. The molecule has 1 aromatic heterocycles. The number of nitrogens with one attached hydrogen (secondary N) is 1. The third kappa shape index (κ3) is 2.09. The van der Waals surface area contributed by atoms with Gasteiger partial charge in [-0.25, -0.2) is 0 Å². The van der Waals surface area contributed by atoms with E-state index in [0.29, 0.717) is 5.56 Å². The van der Waals surface area contributed by atoms with Crippen LogP contribution in [0, 0.1) is 6.92 Å². The van der Waals surface area contributed by atoms with Crippen molar-refractivity contribution < 1.29 is 19.2 Å². The highest BCUT2D eigenvalue weighted by molar-refractivity contribution is 5.95. The summed E-state index contributed by atoms with van der Waals surface area (Å²) < 4.78 is 4.65. The molecule has 1 heterocycles. The van der Waals surface area contributed by atoms with E-state index < -0.39 is 17.9 Å². The molecule has 1 rings (SSSR count). The minimum absolute atomic E-state index is 0.0399. The maximum atomic E-state index is 11.3. The first-order valence-electron chi connectivity index (χ1n) is 3.97. The molecule has 2 N–H and O–H groups in total. The molecule has 0 saturated heterocycles. The maximum Gasteiger partial charge on any atom is 0.325 e. The van der Waals surface area contributed by atoms with Crippen molar-refractivity contribution in [1.82, 2.24) is 10.5 Å². The van der Waals surface area contributed by atoms with Gasteiger partial charge in [-0.15, -0.1) is 0 Å². The summed E-state index contributed by atoms with van der Waals surface area (Å²) in [6.07, 6.45) is 1.39. The zero-order valence-corrected chi connectivity index (χ0v) is 7.77. The molecule has 0 aliphatic heterocycles. The number of aliphatic carboxylic acids is 1. The number of carbonyl (C=O) groups is 2. The Bertz CT molecular complexity index is 358. The molecule has 0 fully saturated rings. The summed E-state index contributed by atoms with van der Waals surface area (Å²) in [5, 5.41) is 14.2. The molecule has 76 valence electrons. The van der Waals surface area contributed by atoms with Gasteiger partial charge >= 0.3 is 5.97 Å². The third-order valence-electron chi connectivity index (χ3n) is 1.67. The van der Waals surface area contributed by atoms with Gasteiger partial charge < -0.3 is 14.9 Å². The summed E-state index contributed by atoms with van der Waals surface area (Å²) in [4.78, 5) is 21.8. The standard InChI is InChI=1S/C8H10N2O4/c1-4-3-9-14-6(4)7(11)10-5(2)8(12)13/h3,5H,1-2H3,(H,10,11)(H,12,13)/t5-/m1/s1. The predicted octanol–water partition coefficient (Wildman–Crippen LogP) is 0.186. The van der Waals surface area contributed by atoms with Crippen LogP contribution in [0.3, 0.4) is 0 Å². The summed E-state index contributed by atoms with van der Waals surface area (Å²) in [6.45, 7) is 3.02. The number of hydrogen-bond donors (Lipinski definition) is 2. The number of aromatic nitrogens is 1. The number of aryl methyl sites for hydroxylation is 1. The lowest BCUT2D eigenvalue weighted by molar-refractivity contribution is -0.138. The second-order valence-electron chi connectivity index (χ2n) is 2.87. The van der Waals surface area contributed by atoms with E-state index in [0.717, 1.165) is 0 Å². The van der Waals surface area contributed by atoms with E-state index in [2.05, 4.69) is 15.0 Å². The number of carboxylic acid groups (broad SMARTS) is 1. The molecule has 1 amide bonds. The number of hydrogen-bond acceptors (Lipinski definition) is 4. The zero-order chi connectivity index (χ0) is 10.7. The molecule has 0 aliphatic carbocycles. The highest BCUT2D eigenvalue weighted by Gasteiger charge is 2.19. The van der Waals surface area contributed by atoms with Crippen LogP contribution in [-0.2, 0) is 4.79 Å². The molecule has 0 aromatic carbocycles. The van der Waals surface area contributed by atoms with Crippen molar-refractivity contribution in [2.75, 3.05) is 0 Å². The molecule has 1 atom stereocenters. The van der Waals surface area contributed by atoms with Gasteiger partial charge in [0.15, 0.2) is 0 Å². The predicted molar refractivity (Wildman–Crippen MR) is 45.8 cm³/mol. The Hall–Kier alpha value is -1.85. The van der Waals surface area contributed by atoms with Crippen LogP contribution in [-0.4, -0.2) is 28.2 Å². The fourth-order valence-corrected chi connectivity index (χ4v) is 0.833. The topological polar surface area (TPSA) is 92.4 Å². The largest absolute Gasteiger partial charge is 0.480 e. The Morgan fingerprint density at radius 1 is 1.64 bits per heavy atom. The summed E-state index contributed by atoms with van der Waals surface area (Å²) in [5.41, 5.74) is 0.570. The Morgan fingerprint density at radius 2 is 2.29 bits per heavy atom. The number of carboxylic acids is 1. The highest BCUT2D eigenvalue weighted by atomic mass is 16.5. The van der Waals surface area contributed by atoms with Crippen LogP contribution in [0.25, 0.3) is 0 Å². The van der Waals surface area contributed by atoms with Crippen LogP contribution in [0.1, 0.15) is 23.0 Å². The first-order chi connectivity index (χ1) is 6.52. The van der Waals surface area contributed by atoms with Crippen molar-refractivity contribution in [1.29, 1.82) is 0 Å². The minimum Gasteiger partial charge on any atom is -0.480 e. The van der Waals surface area contributed by atoms with Crippen LogP contribution in [0.4, 0.5) is 0 Å². The van der Waals surface area contributed by atoms with Crippen LogP contribution >= 0.6 is 0 Å². The molecule has 0 spiro atoms. The summed E-state index contributed by atoms with van der Waals surface area (Å²) >= 11 is 0. The van der Waals surface area contributed by atoms with Gasteiger partial charge in [0.25, 0.3) is 5.91 Å². The molecule has 1 aromatic rings. The van der Waals surface area contributed by atoms with Gasteiger partial charge in [-0.2, -0.15) is 0 Å². The van der Waals surface area contributed by atoms with E-state index in [1.807, 2.05) is 0 Å². The molecule has 0 saturated carbocycles. The lowest BCUT2D eigenvalue weighted by Gasteiger charge is -2.06. The van der Waals surface area contributed by atoms with Crippen LogP contribution < -0.4 is 5.32 Å². The summed E-state index contributed by atoms with van der Waals surface area (Å²) in [7, 11) is 0. The number of rotatable bonds is 3. The zero-order valence-electron chi connectivity index (χ0n) is 7.77. The van der Waals surface area contributed by atoms with Crippen LogP contribution in [0.15, 0.2) is 10.7 Å². The first-order valence-corrected chi connectivity index (χ1v) is 3.97. The van der Waals surface area contributed by atoms with Gasteiger partial charge in [-0.05, 0) is 13.8 Å². The van der Waals surface area contributed by atoms with Gasteiger partial charge in [-0.1, -0.05) is 5.16 Å². The SMILES string of the molecule is Cc1cnoc1C(=O)N[C@H](C)C(=O)O. The third-order valence-corrected chi connectivity index (χ3v) is 1.67. The molecular formula is C8H10N2O4. The molecule has 0 bridgehead atoms. The van der Waals surface area contributed by atoms with E-state index in [1.54, 1.807) is 6.92 Å². The molecular weight excluding hydrogens is 188 g/mol. The first kappa shape index (κ1) is 10.2. The van der Waals surface area contributed by atoms with Crippen molar-refractivity contribution >= 4 is 11.9 Å². The average Bonchev–Trinajstić information content (AvgIpc) is 2.51. The van der Waals surface area contributed by atoms with Gasteiger partial charge in [0, 0.05) is 5.56 Å². The average molecular weight is 198 g/mol. The van der Waals surface area contributed by atoms with Crippen molar-refractivity contribution in [2.24, 2.45) is 0 Å². The van der Waals surface area contributed by atoms with E-state index >= 15 is 0 Å². The second-order valence-corrected chi connectivity index (χ2v) is 2.87. The van der Waals surface area contributed by atoms with Gasteiger partial charge in [0.1, 0.15) is 6.04 Å². The Balaban J connectivity index is 2.69. The Morgan fingerprint density at radius 3 is 2.71 bits per heavy atom. The molecule has 14 heavy (non-hydrogen) atoms.